The number of aryl methyl sites for hydroxylation is 1. The molecular weight excluding hydrogens is 342 g/mol. The van der Waals surface area contributed by atoms with Gasteiger partial charge in [-0.1, -0.05) is 35.9 Å². The van der Waals surface area contributed by atoms with Crippen molar-refractivity contribution in [3.63, 3.8) is 0 Å². The van der Waals surface area contributed by atoms with E-state index in [9.17, 15) is 9.59 Å². The van der Waals surface area contributed by atoms with E-state index in [1.54, 1.807) is 19.2 Å². The number of nitrogens with one attached hydrogen (secondary N) is 1. The van der Waals surface area contributed by atoms with E-state index in [4.69, 9.17) is 22.1 Å². The molecule has 0 bridgehead atoms. The highest BCUT2D eigenvalue weighted by Crippen LogP contribution is 2.42. The van der Waals surface area contributed by atoms with E-state index in [2.05, 4.69) is 5.32 Å². The van der Waals surface area contributed by atoms with Crippen LogP contribution in [0.15, 0.2) is 36.4 Å². The molecule has 1 aliphatic heterocycles. The van der Waals surface area contributed by atoms with Crippen LogP contribution in [0.1, 0.15) is 11.1 Å². The SMILES string of the molecule is Cc1ccc2c(c1Oc1ccccc1Cl)N(C)C(=O)[C@H](NC(N)=O)C2. The summed E-state index contributed by atoms with van der Waals surface area (Å²) in [6.45, 7) is 1.90. The summed E-state index contributed by atoms with van der Waals surface area (Å²) in [5.41, 5.74) is 7.59. The summed E-state index contributed by atoms with van der Waals surface area (Å²) < 4.78 is 6.04. The van der Waals surface area contributed by atoms with Crippen LogP contribution in [-0.2, 0) is 11.2 Å². The Morgan fingerprint density at radius 2 is 2.04 bits per heavy atom. The fraction of sp³-hybridized carbons (Fsp3) is 0.222. The van der Waals surface area contributed by atoms with Crippen LogP contribution in [0.25, 0.3) is 0 Å². The number of carbonyl (C=O) groups excluding carboxylic acids is 2. The molecule has 2 aromatic carbocycles. The summed E-state index contributed by atoms with van der Waals surface area (Å²) in [5, 5.41) is 2.97. The first kappa shape index (κ1) is 17.1. The fourth-order valence-corrected chi connectivity index (χ4v) is 3.12. The lowest BCUT2D eigenvalue weighted by Crippen LogP contribution is -2.53. The molecule has 0 saturated heterocycles. The Kier molecular flexibility index (Phi) is 4.55. The van der Waals surface area contributed by atoms with Gasteiger partial charge in [0.05, 0.1) is 10.7 Å². The van der Waals surface area contributed by atoms with E-state index in [0.717, 1.165) is 11.1 Å². The third-order valence-corrected chi connectivity index (χ3v) is 4.48. The van der Waals surface area contributed by atoms with Gasteiger partial charge in [0.15, 0.2) is 5.75 Å². The minimum atomic E-state index is -0.727. The van der Waals surface area contributed by atoms with Gasteiger partial charge in [-0.3, -0.25) is 4.79 Å². The minimum absolute atomic E-state index is 0.249. The van der Waals surface area contributed by atoms with Gasteiger partial charge in [0.25, 0.3) is 0 Å². The van der Waals surface area contributed by atoms with Gasteiger partial charge in [0.1, 0.15) is 11.8 Å². The number of hydrogen-bond acceptors (Lipinski definition) is 3. The molecule has 0 aliphatic carbocycles. The average Bonchev–Trinajstić information content (AvgIpc) is 2.56. The first-order chi connectivity index (χ1) is 11.9. The molecule has 0 unspecified atom stereocenters. The van der Waals surface area contributed by atoms with E-state index >= 15 is 0 Å². The number of urea groups is 1. The summed E-state index contributed by atoms with van der Waals surface area (Å²) in [7, 11) is 1.65. The number of amides is 3. The Balaban J connectivity index is 2.04. The molecular formula is C18H18ClN3O3. The monoisotopic (exact) mass is 359 g/mol. The third-order valence-electron chi connectivity index (χ3n) is 4.17. The number of likely N-dealkylation sites (N-methyl/N-ethyl adjacent to an activating group) is 1. The van der Waals surface area contributed by atoms with Gasteiger partial charge >= 0.3 is 6.03 Å². The predicted molar refractivity (Wildman–Crippen MR) is 96.3 cm³/mol. The second kappa shape index (κ2) is 6.64. The molecule has 25 heavy (non-hydrogen) atoms. The number of para-hydroxylation sites is 1. The Labute approximate surface area is 150 Å². The molecule has 3 rings (SSSR count). The molecule has 1 aliphatic rings. The summed E-state index contributed by atoms with van der Waals surface area (Å²) in [4.78, 5) is 25.2. The molecule has 7 heteroatoms. The van der Waals surface area contributed by atoms with Gasteiger partial charge in [-0.05, 0) is 30.2 Å². The fourth-order valence-electron chi connectivity index (χ4n) is 2.95. The second-order valence-corrected chi connectivity index (χ2v) is 6.32. The summed E-state index contributed by atoms with van der Waals surface area (Å²) in [5.74, 6) is 0.832. The van der Waals surface area contributed by atoms with Crippen LogP contribution in [0.2, 0.25) is 5.02 Å². The summed E-state index contributed by atoms with van der Waals surface area (Å²) >= 11 is 6.19. The highest BCUT2D eigenvalue weighted by Gasteiger charge is 2.34. The Morgan fingerprint density at radius 1 is 1.32 bits per heavy atom. The van der Waals surface area contributed by atoms with Crippen LogP contribution in [0.3, 0.4) is 0 Å². The van der Waals surface area contributed by atoms with E-state index in [1.165, 1.54) is 4.90 Å². The average molecular weight is 360 g/mol. The number of hydrogen-bond donors (Lipinski definition) is 2. The van der Waals surface area contributed by atoms with E-state index < -0.39 is 12.1 Å². The number of nitrogens with two attached hydrogens (primary N) is 1. The minimum Gasteiger partial charge on any atom is -0.453 e. The van der Waals surface area contributed by atoms with Gasteiger partial charge < -0.3 is 20.7 Å². The van der Waals surface area contributed by atoms with Crippen molar-refractivity contribution in [3.8, 4) is 11.5 Å². The maximum atomic E-state index is 12.6. The van der Waals surface area contributed by atoms with Crippen LogP contribution in [0.4, 0.5) is 10.5 Å². The molecule has 0 spiro atoms. The highest BCUT2D eigenvalue weighted by molar-refractivity contribution is 6.32. The highest BCUT2D eigenvalue weighted by atomic mass is 35.5. The number of ether oxygens (including phenoxy) is 1. The Morgan fingerprint density at radius 3 is 2.72 bits per heavy atom. The summed E-state index contributed by atoms with van der Waals surface area (Å²) in [6, 6.07) is 9.57. The lowest BCUT2D eigenvalue weighted by molar-refractivity contribution is -0.120. The van der Waals surface area contributed by atoms with Gasteiger partial charge in [-0.15, -0.1) is 0 Å². The number of fused-ring (bicyclic) bond motifs is 1. The number of primary amides is 1. The smallest absolute Gasteiger partial charge is 0.312 e. The molecule has 0 saturated carbocycles. The number of anilines is 1. The predicted octanol–water partition coefficient (Wildman–Crippen LogP) is 3.00. The maximum Gasteiger partial charge on any atom is 0.312 e. The Bertz CT molecular complexity index is 853. The van der Waals surface area contributed by atoms with Crippen molar-refractivity contribution in [1.29, 1.82) is 0 Å². The number of nitrogens with zero attached hydrogens (tertiary/aromatic N) is 1. The van der Waals surface area contributed by atoms with Gasteiger partial charge in [-0.25, -0.2) is 4.79 Å². The van der Waals surface area contributed by atoms with Crippen LogP contribution >= 0.6 is 11.6 Å². The van der Waals surface area contributed by atoms with Crippen LogP contribution in [-0.4, -0.2) is 25.0 Å². The molecule has 1 atom stereocenters. The van der Waals surface area contributed by atoms with E-state index in [1.807, 2.05) is 31.2 Å². The van der Waals surface area contributed by atoms with Crippen molar-refractivity contribution in [2.75, 3.05) is 11.9 Å². The van der Waals surface area contributed by atoms with Crippen molar-refractivity contribution in [1.82, 2.24) is 5.32 Å². The van der Waals surface area contributed by atoms with Crippen LogP contribution in [0.5, 0.6) is 11.5 Å². The third kappa shape index (κ3) is 3.25. The zero-order valence-electron chi connectivity index (χ0n) is 13.9. The number of benzene rings is 2. The van der Waals surface area contributed by atoms with Crippen LogP contribution < -0.4 is 20.7 Å². The topological polar surface area (TPSA) is 84.7 Å². The summed E-state index contributed by atoms with van der Waals surface area (Å²) in [6.07, 6.45) is 0.348. The lowest BCUT2D eigenvalue weighted by Gasteiger charge is -2.33. The van der Waals surface area contributed by atoms with Gasteiger partial charge in [0.2, 0.25) is 5.91 Å². The molecule has 0 radical (unpaired) electrons. The zero-order valence-corrected chi connectivity index (χ0v) is 14.6. The van der Waals surface area contributed by atoms with Crippen molar-refractivity contribution < 1.29 is 14.3 Å². The van der Waals surface area contributed by atoms with Gasteiger partial charge in [0, 0.05) is 13.5 Å². The molecule has 2 aromatic rings. The first-order valence-electron chi connectivity index (χ1n) is 7.77. The van der Waals surface area contributed by atoms with Crippen LogP contribution in [0, 0.1) is 6.92 Å². The molecule has 6 nitrogen and oxygen atoms in total. The quantitative estimate of drug-likeness (QED) is 0.883. The van der Waals surface area contributed by atoms with Crippen molar-refractivity contribution in [2.45, 2.75) is 19.4 Å². The van der Waals surface area contributed by atoms with E-state index in [0.29, 0.717) is 28.6 Å². The molecule has 3 amide bonds. The number of halogens is 1. The van der Waals surface area contributed by atoms with Crippen molar-refractivity contribution in [2.24, 2.45) is 5.73 Å². The molecule has 130 valence electrons. The zero-order chi connectivity index (χ0) is 18.1. The first-order valence-corrected chi connectivity index (χ1v) is 8.14. The second-order valence-electron chi connectivity index (χ2n) is 5.91. The molecule has 1 heterocycles. The number of carbonyl (C=O) groups is 2. The van der Waals surface area contributed by atoms with Crippen molar-refractivity contribution in [3.05, 3.63) is 52.5 Å². The maximum absolute atomic E-state index is 12.6. The van der Waals surface area contributed by atoms with Gasteiger partial charge in [-0.2, -0.15) is 0 Å². The molecule has 3 N–H and O–H groups in total. The van der Waals surface area contributed by atoms with Crippen molar-refractivity contribution >= 4 is 29.2 Å². The standard InChI is InChI=1S/C18H18ClN3O3/c1-10-7-8-11-9-13(21-18(20)24)17(23)22(2)15(11)16(10)25-14-6-4-3-5-12(14)19/h3-8,13H,9H2,1-2H3,(H3,20,21,24)/t13-/m1/s1. The molecule has 0 fully saturated rings. The number of rotatable bonds is 3. The normalized spacial score (nSPS) is 16.4. The largest absolute Gasteiger partial charge is 0.453 e. The lowest BCUT2D eigenvalue weighted by atomic mass is 9.95. The molecule has 0 aromatic heterocycles. The van der Waals surface area contributed by atoms with E-state index in [-0.39, 0.29) is 5.91 Å². The Hall–Kier alpha value is -2.73.